The number of amides is 2. The monoisotopic (exact) mass is 391 g/mol. The molecule has 0 spiro atoms. The standard InChI is InChI=1S/C20H29N3O5/c1-26-16-11-15(12-17(13-16)27-2)21-19(24)14-22-6-4-7-23(9-8-22)20(25)18-5-3-10-28-18/h11-13,18H,3-10,14H2,1-2H3,(H,21,24)/t18-/m1/s1. The van der Waals surface area contributed by atoms with Gasteiger partial charge in [-0.15, -0.1) is 0 Å². The topological polar surface area (TPSA) is 80.3 Å². The van der Waals surface area contributed by atoms with E-state index in [1.807, 2.05) is 4.90 Å². The maximum Gasteiger partial charge on any atom is 0.251 e. The van der Waals surface area contributed by atoms with Gasteiger partial charge in [0.25, 0.3) is 5.91 Å². The van der Waals surface area contributed by atoms with Crippen LogP contribution in [0.2, 0.25) is 0 Å². The molecule has 8 nitrogen and oxygen atoms in total. The number of nitrogens with one attached hydrogen (secondary N) is 1. The van der Waals surface area contributed by atoms with Crippen LogP contribution in [0.15, 0.2) is 18.2 Å². The molecule has 1 aromatic carbocycles. The average molecular weight is 391 g/mol. The second kappa shape index (κ2) is 9.75. The molecule has 2 fully saturated rings. The van der Waals surface area contributed by atoms with Crippen LogP contribution >= 0.6 is 0 Å². The molecule has 154 valence electrons. The number of hydrogen-bond donors (Lipinski definition) is 1. The van der Waals surface area contributed by atoms with E-state index in [0.717, 1.165) is 25.8 Å². The van der Waals surface area contributed by atoms with E-state index >= 15 is 0 Å². The van der Waals surface area contributed by atoms with Gasteiger partial charge in [0.15, 0.2) is 0 Å². The number of anilines is 1. The number of benzene rings is 1. The summed E-state index contributed by atoms with van der Waals surface area (Å²) in [5.74, 6) is 1.22. The van der Waals surface area contributed by atoms with Gasteiger partial charge in [-0.25, -0.2) is 0 Å². The molecule has 2 aliphatic rings. The molecule has 28 heavy (non-hydrogen) atoms. The number of rotatable bonds is 6. The van der Waals surface area contributed by atoms with Gasteiger partial charge in [0.05, 0.1) is 20.8 Å². The van der Waals surface area contributed by atoms with E-state index in [1.165, 1.54) is 0 Å². The molecule has 8 heteroatoms. The summed E-state index contributed by atoms with van der Waals surface area (Å²) in [5, 5.41) is 2.90. The lowest BCUT2D eigenvalue weighted by atomic mass is 10.2. The molecule has 2 amide bonds. The molecular weight excluding hydrogens is 362 g/mol. The van der Waals surface area contributed by atoms with Crippen LogP contribution in [-0.2, 0) is 14.3 Å². The van der Waals surface area contributed by atoms with Gasteiger partial charge in [-0.2, -0.15) is 0 Å². The molecule has 0 unspecified atom stereocenters. The molecule has 3 rings (SSSR count). The Morgan fingerprint density at radius 3 is 2.46 bits per heavy atom. The van der Waals surface area contributed by atoms with Crippen molar-refractivity contribution in [1.82, 2.24) is 9.80 Å². The number of carbonyl (C=O) groups is 2. The Bertz CT molecular complexity index is 668. The molecule has 0 aliphatic carbocycles. The van der Waals surface area contributed by atoms with Crippen LogP contribution in [0.3, 0.4) is 0 Å². The van der Waals surface area contributed by atoms with Crippen molar-refractivity contribution < 1.29 is 23.8 Å². The molecule has 2 heterocycles. The molecule has 2 aliphatic heterocycles. The maximum absolute atomic E-state index is 12.5. The predicted octanol–water partition coefficient (Wildman–Crippen LogP) is 1.36. The van der Waals surface area contributed by atoms with E-state index in [4.69, 9.17) is 14.2 Å². The lowest BCUT2D eigenvalue weighted by Gasteiger charge is -2.24. The van der Waals surface area contributed by atoms with Gasteiger partial charge in [-0.05, 0) is 19.3 Å². The van der Waals surface area contributed by atoms with Gasteiger partial charge in [0.1, 0.15) is 17.6 Å². The minimum Gasteiger partial charge on any atom is -0.497 e. The molecular formula is C20H29N3O5. The molecule has 1 atom stereocenters. The van der Waals surface area contributed by atoms with Crippen molar-refractivity contribution >= 4 is 17.5 Å². The minimum absolute atomic E-state index is 0.0901. The highest BCUT2D eigenvalue weighted by atomic mass is 16.5. The van der Waals surface area contributed by atoms with Crippen molar-refractivity contribution in [2.45, 2.75) is 25.4 Å². The van der Waals surface area contributed by atoms with Crippen molar-refractivity contribution in [1.29, 1.82) is 0 Å². The van der Waals surface area contributed by atoms with Crippen molar-refractivity contribution in [3.63, 3.8) is 0 Å². The number of ether oxygens (including phenoxy) is 3. The van der Waals surface area contributed by atoms with Crippen molar-refractivity contribution in [2.24, 2.45) is 0 Å². The van der Waals surface area contributed by atoms with Gasteiger partial charge < -0.3 is 24.4 Å². The fourth-order valence-electron chi connectivity index (χ4n) is 3.61. The number of methoxy groups -OCH3 is 2. The lowest BCUT2D eigenvalue weighted by molar-refractivity contribution is -0.140. The smallest absolute Gasteiger partial charge is 0.251 e. The third-order valence-corrected chi connectivity index (χ3v) is 5.11. The van der Waals surface area contributed by atoms with Crippen LogP contribution in [0.1, 0.15) is 19.3 Å². The third kappa shape index (κ3) is 5.36. The van der Waals surface area contributed by atoms with E-state index < -0.39 is 0 Å². The Balaban J connectivity index is 1.51. The first-order valence-electron chi connectivity index (χ1n) is 9.74. The molecule has 0 aromatic heterocycles. The zero-order valence-electron chi connectivity index (χ0n) is 16.6. The maximum atomic E-state index is 12.5. The first-order chi connectivity index (χ1) is 13.6. The molecule has 0 radical (unpaired) electrons. The van der Waals surface area contributed by atoms with Crippen molar-refractivity contribution in [2.75, 3.05) is 58.9 Å². The van der Waals surface area contributed by atoms with E-state index in [1.54, 1.807) is 32.4 Å². The summed E-state index contributed by atoms with van der Waals surface area (Å²) in [5.41, 5.74) is 0.631. The summed E-state index contributed by atoms with van der Waals surface area (Å²) < 4.78 is 16.0. The number of hydrogen-bond acceptors (Lipinski definition) is 6. The Labute approximate surface area is 165 Å². The van der Waals surface area contributed by atoms with E-state index in [2.05, 4.69) is 10.2 Å². The predicted molar refractivity (Wildman–Crippen MR) is 105 cm³/mol. The summed E-state index contributed by atoms with van der Waals surface area (Å²) in [6.45, 7) is 3.74. The minimum atomic E-state index is -0.280. The van der Waals surface area contributed by atoms with Gasteiger partial charge in [-0.1, -0.05) is 0 Å². The van der Waals surface area contributed by atoms with Gasteiger partial charge in [0, 0.05) is 56.7 Å². The highest BCUT2D eigenvalue weighted by molar-refractivity contribution is 5.92. The van der Waals surface area contributed by atoms with Crippen molar-refractivity contribution in [3.8, 4) is 11.5 Å². The molecule has 2 saturated heterocycles. The molecule has 0 bridgehead atoms. The fourth-order valence-corrected chi connectivity index (χ4v) is 3.61. The van der Waals surface area contributed by atoms with Crippen LogP contribution in [0.5, 0.6) is 11.5 Å². The first-order valence-corrected chi connectivity index (χ1v) is 9.74. The summed E-state index contributed by atoms with van der Waals surface area (Å²) >= 11 is 0. The van der Waals surface area contributed by atoms with Crippen LogP contribution in [-0.4, -0.2) is 81.3 Å². The number of carbonyl (C=O) groups excluding carboxylic acids is 2. The highest BCUT2D eigenvalue weighted by Crippen LogP contribution is 2.25. The van der Waals surface area contributed by atoms with Crippen LogP contribution in [0.4, 0.5) is 5.69 Å². The van der Waals surface area contributed by atoms with Gasteiger partial charge in [-0.3, -0.25) is 14.5 Å². The molecule has 1 N–H and O–H groups in total. The van der Waals surface area contributed by atoms with E-state index in [9.17, 15) is 9.59 Å². The largest absolute Gasteiger partial charge is 0.497 e. The zero-order chi connectivity index (χ0) is 19.9. The fraction of sp³-hybridized carbons (Fsp3) is 0.600. The van der Waals surface area contributed by atoms with Gasteiger partial charge in [0.2, 0.25) is 5.91 Å². The van der Waals surface area contributed by atoms with Crippen LogP contribution < -0.4 is 14.8 Å². The summed E-state index contributed by atoms with van der Waals surface area (Å²) in [6.07, 6.45) is 2.33. The van der Waals surface area contributed by atoms with E-state index in [-0.39, 0.29) is 24.5 Å². The SMILES string of the molecule is COc1cc(NC(=O)CN2CCCN(C(=O)[C@H]3CCCO3)CC2)cc(OC)c1. The van der Waals surface area contributed by atoms with Crippen molar-refractivity contribution in [3.05, 3.63) is 18.2 Å². The second-order valence-corrected chi connectivity index (χ2v) is 7.11. The highest BCUT2D eigenvalue weighted by Gasteiger charge is 2.29. The lowest BCUT2D eigenvalue weighted by Crippen LogP contribution is -2.42. The Morgan fingerprint density at radius 1 is 1.07 bits per heavy atom. The Morgan fingerprint density at radius 2 is 1.82 bits per heavy atom. The summed E-state index contributed by atoms with van der Waals surface area (Å²) in [4.78, 5) is 29.0. The molecule has 1 aromatic rings. The Hall–Kier alpha value is -2.32. The first kappa shape index (κ1) is 20.4. The van der Waals surface area contributed by atoms with Gasteiger partial charge >= 0.3 is 0 Å². The number of nitrogens with zero attached hydrogens (tertiary/aromatic N) is 2. The summed E-state index contributed by atoms with van der Waals surface area (Å²) in [6, 6.07) is 5.26. The second-order valence-electron chi connectivity index (χ2n) is 7.11. The van der Waals surface area contributed by atoms with Crippen LogP contribution in [0, 0.1) is 0 Å². The van der Waals surface area contributed by atoms with Crippen LogP contribution in [0.25, 0.3) is 0 Å². The van der Waals surface area contributed by atoms with E-state index in [0.29, 0.717) is 43.4 Å². The normalized spacial score (nSPS) is 20.5. The quantitative estimate of drug-likeness (QED) is 0.789. The Kier molecular flexibility index (Phi) is 7.11. The molecule has 0 saturated carbocycles. The average Bonchev–Trinajstić information content (AvgIpc) is 3.14. The summed E-state index contributed by atoms with van der Waals surface area (Å²) in [7, 11) is 3.14. The zero-order valence-corrected chi connectivity index (χ0v) is 16.6. The third-order valence-electron chi connectivity index (χ3n) is 5.11.